The van der Waals surface area contributed by atoms with Gasteiger partial charge in [0.15, 0.2) is 6.04 Å². The molecular formula is C25H22ClFN2O6. The average molecular weight is 501 g/mol. The average Bonchev–Trinajstić information content (AvgIpc) is 2.83. The Bertz CT molecular complexity index is 1190. The van der Waals surface area contributed by atoms with Crippen molar-refractivity contribution in [3.8, 4) is 5.75 Å². The number of amides is 2. The van der Waals surface area contributed by atoms with Gasteiger partial charge >= 0.3 is 12.1 Å². The van der Waals surface area contributed by atoms with E-state index in [0.29, 0.717) is 21.7 Å². The molecule has 2 atom stereocenters. The van der Waals surface area contributed by atoms with Crippen molar-refractivity contribution in [2.75, 3.05) is 6.61 Å². The van der Waals surface area contributed by atoms with Crippen LogP contribution in [0.5, 0.6) is 5.75 Å². The van der Waals surface area contributed by atoms with E-state index in [1.807, 2.05) is 0 Å². The molecule has 182 valence electrons. The second-order valence-electron chi connectivity index (χ2n) is 7.48. The molecule has 0 saturated heterocycles. The maximum Gasteiger partial charge on any atom is 0.408 e. The smallest absolute Gasteiger partial charge is 0.408 e. The zero-order chi connectivity index (χ0) is 25.4. The molecule has 2 amide bonds. The molecule has 35 heavy (non-hydrogen) atoms. The number of alkyl carbamates (subject to hydrolysis) is 1. The summed E-state index contributed by atoms with van der Waals surface area (Å²) >= 11 is 5.97. The predicted octanol–water partition coefficient (Wildman–Crippen LogP) is 3.85. The molecule has 0 aliphatic carbocycles. The molecule has 3 aromatic carbocycles. The van der Waals surface area contributed by atoms with E-state index in [0.717, 1.165) is 0 Å². The maximum atomic E-state index is 13.2. The Labute approximate surface area is 205 Å². The summed E-state index contributed by atoms with van der Waals surface area (Å²) in [6.07, 6.45) is -0.953. The number of hydrogen-bond donors (Lipinski definition) is 3. The summed E-state index contributed by atoms with van der Waals surface area (Å²) in [5, 5.41) is 11.9. The van der Waals surface area contributed by atoms with Crippen LogP contribution in [-0.2, 0) is 20.9 Å². The van der Waals surface area contributed by atoms with E-state index in [9.17, 15) is 23.9 Å². The van der Waals surface area contributed by atoms with Gasteiger partial charge in [-0.15, -0.1) is 0 Å². The molecular weight excluding hydrogens is 479 g/mol. The number of hydrogen-bond acceptors (Lipinski definition) is 5. The molecule has 1 unspecified atom stereocenters. The number of ether oxygens (including phenoxy) is 2. The minimum absolute atomic E-state index is 0.151. The van der Waals surface area contributed by atoms with Crippen molar-refractivity contribution >= 4 is 29.6 Å². The van der Waals surface area contributed by atoms with Gasteiger partial charge in [0.2, 0.25) is 5.91 Å². The largest absolute Gasteiger partial charge is 0.489 e. The second kappa shape index (κ2) is 11.8. The Balaban J connectivity index is 1.56. The van der Waals surface area contributed by atoms with Gasteiger partial charge in [-0.25, -0.2) is 14.0 Å². The topological polar surface area (TPSA) is 128 Å². The fourth-order valence-corrected chi connectivity index (χ4v) is 3.42. The number of primary amides is 1. The highest BCUT2D eigenvalue weighted by Crippen LogP contribution is 2.25. The number of carboxylic acids is 1. The van der Waals surface area contributed by atoms with Gasteiger partial charge in [-0.2, -0.15) is 0 Å². The summed E-state index contributed by atoms with van der Waals surface area (Å²) in [4.78, 5) is 35.6. The fraction of sp³-hybridized carbons (Fsp3) is 0.160. The van der Waals surface area contributed by atoms with Crippen LogP contribution in [0.4, 0.5) is 9.18 Å². The van der Waals surface area contributed by atoms with Crippen molar-refractivity contribution in [3.05, 3.63) is 100 Å². The molecule has 0 spiro atoms. The van der Waals surface area contributed by atoms with E-state index < -0.39 is 35.7 Å². The third-order valence-electron chi connectivity index (χ3n) is 5.00. The number of para-hydroxylation sites is 1. The van der Waals surface area contributed by atoms with Gasteiger partial charge in [0.05, 0.1) is 10.9 Å². The molecule has 3 aromatic rings. The minimum Gasteiger partial charge on any atom is -0.489 e. The molecule has 0 bridgehead atoms. The Morgan fingerprint density at radius 3 is 2.14 bits per heavy atom. The van der Waals surface area contributed by atoms with Crippen molar-refractivity contribution < 1.29 is 33.4 Å². The highest BCUT2D eigenvalue weighted by Gasteiger charge is 2.23. The van der Waals surface area contributed by atoms with Crippen LogP contribution < -0.4 is 15.8 Å². The molecule has 0 saturated carbocycles. The van der Waals surface area contributed by atoms with Crippen LogP contribution in [0.3, 0.4) is 0 Å². The highest BCUT2D eigenvalue weighted by molar-refractivity contribution is 6.32. The number of benzene rings is 3. The Morgan fingerprint density at radius 1 is 0.971 bits per heavy atom. The van der Waals surface area contributed by atoms with Gasteiger partial charge in [0.1, 0.15) is 24.8 Å². The molecule has 0 radical (unpaired) electrons. The fourth-order valence-electron chi connectivity index (χ4n) is 3.22. The zero-order valence-corrected chi connectivity index (χ0v) is 19.1. The second-order valence-corrected chi connectivity index (χ2v) is 7.89. The zero-order valence-electron chi connectivity index (χ0n) is 18.3. The Kier molecular flexibility index (Phi) is 8.63. The van der Waals surface area contributed by atoms with Crippen molar-refractivity contribution in [1.82, 2.24) is 5.32 Å². The monoisotopic (exact) mass is 500 g/mol. The number of nitrogens with one attached hydrogen (secondary N) is 1. The lowest BCUT2D eigenvalue weighted by atomic mass is 9.90. The normalized spacial score (nSPS) is 12.3. The SMILES string of the molecule is NC(=O)C(c1ccc(F)cc1)c1ccc(COC(=O)N[C@@H](COc2ccccc2Cl)C(=O)O)cc1. The van der Waals surface area contributed by atoms with Gasteiger partial charge in [0.25, 0.3) is 0 Å². The molecule has 0 aliphatic heterocycles. The van der Waals surface area contributed by atoms with Crippen LogP contribution in [0.2, 0.25) is 5.02 Å². The summed E-state index contributed by atoms with van der Waals surface area (Å²) in [5.41, 5.74) is 7.25. The number of nitrogens with two attached hydrogens (primary N) is 1. The highest BCUT2D eigenvalue weighted by atomic mass is 35.5. The first-order valence-electron chi connectivity index (χ1n) is 10.4. The number of carboxylic acid groups (broad SMARTS) is 1. The first-order chi connectivity index (χ1) is 16.7. The molecule has 3 rings (SSSR count). The van der Waals surface area contributed by atoms with E-state index in [-0.39, 0.29) is 19.0 Å². The number of halogens is 2. The lowest BCUT2D eigenvalue weighted by Crippen LogP contribution is -2.45. The van der Waals surface area contributed by atoms with Gasteiger partial charge in [-0.05, 0) is 41.0 Å². The number of aliphatic carboxylic acids is 1. The third-order valence-corrected chi connectivity index (χ3v) is 5.32. The van der Waals surface area contributed by atoms with Gasteiger partial charge < -0.3 is 25.6 Å². The summed E-state index contributed by atoms with van der Waals surface area (Å²) < 4.78 is 23.7. The van der Waals surface area contributed by atoms with Crippen molar-refractivity contribution in [3.63, 3.8) is 0 Å². The quantitative estimate of drug-likeness (QED) is 0.388. The molecule has 4 N–H and O–H groups in total. The van der Waals surface area contributed by atoms with Crippen LogP contribution in [0, 0.1) is 5.82 Å². The number of rotatable bonds is 10. The first-order valence-corrected chi connectivity index (χ1v) is 10.8. The Morgan fingerprint density at radius 2 is 1.57 bits per heavy atom. The lowest BCUT2D eigenvalue weighted by molar-refractivity contribution is -0.140. The predicted molar refractivity (Wildman–Crippen MR) is 126 cm³/mol. The van der Waals surface area contributed by atoms with E-state index in [4.69, 9.17) is 26.8 Å². The van der Waals surface area contributed by atoms with Gasteiger partial charge in [0, 0.05) is 0 Å². The van der Waals surface area contributed by atoms with Crippen molar-refractivity contribution in [1.29, 1.82) is 0 Å². The molecule has 0 fully saturated rings. The van der Waals surface area contributed by atoms with E-state index in [2.05, 4.69) is 5.32 Å². The van der Waals surface area contributed by atoms with Crippen LogP contribution in [-0.4, -0.2) is 35.7 Å². The van der Waals surface area contributed by atoms with Crippen LogP contribution in [0.1, 0.15) is 22.6 Å². The molecule has 8 nitrogen and oxygen atoms in total. The maximum absolute atomic E-state index is 13.2. The van der Waals surface area contributed by atoms with Crippen molar-refractivity contribution in [2.24, 2.45) is 5.73 Å². The van der Waals surface area contributed by atoms with Crippen LogP contribution >= 0.6 is 11.6 Å². The summed E-state index contributed by atoms with van der Waals surface area (Å²) in [7, 11) is 0. The molecule has 10 heteroatoms. The summed E-state index contributed by atoms with van der Waals surface area (Å²) in [6, 6.07) is 17.2. The lowest BCUT2D eigenvalue weighted by Gasteiger charge is -2.16. The first kappa shape index (κ1) is 25.5. The molecule has 0 aliphatic rings. The molecule has 0 aromatic heterocycles. The summed E-state index contributed by atoms with van der Waals surface area (Å²) in [6.45, 7) is -0.512. The van der Waals surface area contributed by atoms with Gasteiger partial charge in [-0.1, -0.05) is 60.1 Å². The Hall–Kier alpha value is -4.11. The van der Waals surface area contributed by atoms with Gasteiger partial charge in [-0.3, -0.25) is 4.79 Å². The van der Waals surface area contributed by atoms with E-state index in [1.165, 1.54) is 24.3 Å². The number of carbonyl (C=O) groups is 3. The molecule has 0 heterocycles. The van der Waals surface area contributed by atoms with E-state index in [1.54, 1.807) is 48.5 Å². The number of carbonyl (C=O) groups excluding carboxylic acids is 2. The van der Waals surface area contributed by atoms with Crippen LogP contribution in [0.25, 0.3) is 0 Å². The minimum atomic E-state index is -1.37. The standard InChI is InChI=1S/C25H22ClFN2O6/c26-19-3-1-2-4-21(19)34-14-20(24(31)32)29-25(33)35-13-15-5-7-16(8-6-15)22(23(28)30)17-9-11-18(27)12-10-17/h1-12,20,22H,13-14H2,(H2,28,30)(H,29,33)(H,31,32)/t20-,22?/m0/s1. The van der Waals surface area contributed by atoms with E-state index >= 15 is 0 Å². The third kappa shape index (κ3) is 7.18. The van der Waals surface area contributed by atoms with Crippen molar-refractivity contribution in [2.45, 2.75) is 18.6 Å². The van der Waals surface area contributed by atoms with Crippen LogP contribution in [0.15, 0.2) is 72.8 Å². The summed E-state index contributed by atoms with van der Waals surface area (Å²) in [5.74, 6) is -2.83.